The van der Waals surface area contributed by atoms with E-state index in [1.807, 2.05) is 57.3 Å². The van der Waals surface area contributed by atoms with Crippen molar-refractivity contribution in [2.75, 3.05) is 46.4 Å². The molecule has 0 spiro atoms. The van der Waals surface area contributed by atoms with E-state index in [1.54, 1.807) is 59.8 Å². The maximum atomic E-state index is 13.3. The summed E-state index contributed by atoms with van der Waals surface area (Å²) in [5.74, 6) is 3.33. The van der Waals surface area contributed by atoms with Crippen LogP contribution in [0.1, 0.15) is 61.0 Å². The predicted octanol–water partition coefficient (Wildman–Crippen LogP) is 9.52. The zero-order valence-electron chi connectivity index (χ0n) is 32.9. The van der Waals surface area contributed by atoms with Gasteiger partial charge in [-0.05, 0) is 135 Å². The summed E-state index contributed by atoms with van der Waals surface area (Å²) < 4.78 is 34.2. The molecular weight excluding hydrogens is 775 g/mol. The van der Waals surface area contributed by atoms with Crippen LogP contribution in [-0.2, 0) is 27.3 Å². The van der Waals surface area contributed by atoms with Gasteiger partial charge in [-0.15, -0.1) is 23.5 Å². The number of rotatable bonds is 20. The maximum Gasteiger partial charge on any atom is 0.337 e. The van der Waals surface area contributed by atoms with Gasteiger partial charge < -0.3 is 29.2 Å². The van der Waals surface area contributed by atoms with Gasteiger partial charge in [-0.25, -0.2) is 9.18 Å². The number of halogens is 2. The van der Waals surface area contributed by atoms with E-state index in [4.69, 9.17) is 25.8 Å². The minimum absolute atomic E-state index is 0.0305. The summed E-state index contributed by atoms with van der Waals surface area (Å²) in [5.41, 5.74) is 2.15. The van der Waals surface area contributed by atoms with Gasteiger partial charge in [0.25, 0.3) is 0 Å². The number of esters is 1. The molecule has 56 heavy (non-hydrogen) atoms. The first kappa shape index (κ1) is 46.0. The van der Waals surface area contributed by atoms with Crippen LogP contribution >= 0.6 is 35.1 Å². The summed E-state index contributed by atoms with van der Waals surface area (Å²) in [6.07, 6.45) is 3.18. The summed E-state index contributed by atoms with van der Waals surface area (Å²) >= 11 is 9.44. The number of benzene rings is 4. The molecule has 0 saturated carbocycles. The highest BCUT2D eigenvalue weighted by Gasteiger charge is 2.13. The Morgan fingerprint density at radius 1 is 0.786 bits per heavy atom. The van der Waals surface area contributed by atoms with E-state index >= 15 is 0 Å². The van der Waals surface area contributed by atoms with Gasteiger partial charge in [0, 0.05) is 53.4 Å². The van der Waals surface area contributed by atoms with E-state index in [-0.39, 0.29) is 29.7 Å². The van der Waals surface area contributed by atoms with Crippen molar-refractivity contribution in [2.24, 2.45) is 0 Å². The van der Waals surface area contributed by atoms with Gasteiger partial charge in [0.05, 0.1) is 33.0 Å². The number of ether oxygens (including phenoxy) is 4. The number of hydrogen-bond acceptors (Lipinski definition) is 9. The molecule has 1 N–H and O–H groups in total. The van der Waals surface area contributed by atoms with E-state index in [0.717, 1.165) is 51.9 Å². The lowest BCUT2D eigenvalue weighted by atomic mass is 10.1. The van der Waals surface area contributed by atoms with Crippen LogP contribution in [0, 0.1) is 5.82 Å². The lowest BCUT2D eigenvalue weighted by molar-refractivity contribution is -0.130. The van der Waals surface area contributed by atoms with Crippen LogP contribution in [0.25, 0.3) is 0 Å². The average Bonchev–Trinajstić information content (AvgIpc) is 3.19. The molecule has 0 aromatic heterocycles. The third-order valence-electron chi connectivity index (χ3n) is 8.13. The fourth-order valence-electron chi connectivity index (χ4n) is 5.30. The molecule has 0 fully saturated rings. The summed E-state index contributed by atoms with van der Waals surface area (Å²) in [7, 11) is 6.32. The normalized spacial score (nSPS) is 10.6. The second kappa shape index (κ2) is 25.0. The lowest BCUT2D eigenvalue weighted by Crippen LogP contribution is -2.26. The maximum absolute atomic E-state index is 13.3. The monoisotopic (exact) mass is 826 g/mol. The van der Waals surface area contributed by atoms with Gasteiger partial charge >= 0.3 is 5.97 Å². The van der Waals surface area contributed by atoms with Crippen molar-refractivity contribution >= 4 is 52.9 Å². The lowest BCUT2D eigenvalue weighted by Gasteiger charge is -2.19. The summed E-state index contributed by atoms with van der Waals surface area (Å²) in [5, 5.41) is 3.49. The molecule has 302 valence electrons. The molecule has 0 bridgehead atoms. The molecular formula is C43H52ClFN2O7S2. The number of amides is 2. The second-order valence-electron chi connectivity index (χ2n) is 12.8. The Hall–Kier alpha value is -4.39. The first-order valence-corrected chi connectivity index (χ1v) is 20.6. The van der Waals surface area contributed by atoms with Crippen molar-refractivity contribution < 1.29 is 37.7 Å². The highest BCUT2D eigenvalue weighted by Crippen LogP contribution is 2.26. The molecule has 4 aromatic rings. The van der Waals surface area contributed by atoms with Crippen molar-refractivity contribution in [3.63, 3.8) is 0 Å². The number of hydrogen-bond donors (Lipinski definition) is 1. The molecule has 13 heteroatoms. The Bertz CT molecular complexity index is 1830. The number of carbonyl (C=O) groups is 3. The van der Waals surface area contributed by atoms with Crippen molar-refractivity contribution in [1.29, 1.82) is 0 Å². The van der Waals surface area contributed by atoms with E-state index in [9.17, 15) is 18.8 Å². The third-order valence-corrected chi connectivity index (χ3v) is 10.6. The average molecular weight is 827 g/mol. The van der Waals surface area contributed by atoms with Crippen molar-refractivity contribution in [2.45, 2.75) is 68.4 Å². The van der Waals surface area contributed by atoms with Gasteiger partial charge in [0.2, 0.25) is 11.8 Å². The van der Waals surface area contributed by atoms with Crippen LogP contribution in [0.15, 0.2) is 94.7 Å². The van der Waals surface area contributed by atoms with Crippen LogP contribution in [0.2, 0.25) is 5.02 Å². The fraction of sp³-hybridized carbons (Fsp3) is 0.372. The van der Waals surface area contributed by atoms with Crippen LogP contribution < -0.4 is 19.5 Å². The van der Waals surface area contributed by atoms with Gasteiger partial charge in [-0.1, -0.05) is 11.6 Å². The van der Waals surface area contributed by atoms with Crippen molar-refractivity contribution in [3.05, 3.63) is 112 Å². The quantitative estimate of drug-likeness (QED) is 0.0530. The zero-order valence-corrected chi connectivity index (χ0v) is 35.3. The number of nitrogens with one attached hydrogen (secondary N) is 1. The number of carbonyl (C=O) groups excluding carboxylic acids is 3. The minimum atomic E-state index is -0.357. The molecule has 2 amide bonds. The van der Waals surface area contributed by atoms with E-state index < -0.39 is 0 Å². The SMILES string of the molecule is COC(=O)c1ccc(SCCCC(=O)NCCc2cc(F)ccc2OC)cc1.COc1ccc(Cl)cc1CN(C)C(=O)CCCSc1ccc(OC(C)C)cc1. The molecule has 0 atom stereocenters. The van der Waals surface area contributed by atoms with Gasteiger partial charge in [-0.2, -0.15) is 0 Å². The Kier molecular flexibility index (Phi) is 20.5. The molecule has 0 heterocycles. The smallest absolute Gasteiger partial charge is 0.337 e. The van der Waals surface area contributed by atoms with E-state index in [0.29, 0.717) is 48.7 Å². The van der Waals surface area contributed by atoms with Crippen LogP contribution in [0.5, 0.6) is 17.2 Å². The van der Waals surface area contributed by atoms with E-state index in [1.165, 1.54) is 31.2 Å². The molecule has 0 radical (unpaired) electrons. The van der Waals surface area contributed by atoms with Crippen molar-refractivity contribution in [1.82, 2.24) is 10.2 Å². The van der Waals surface area contributed by atoms with Crippen LogP contribution in [0.3, 0.4) is 0 Å². The second-order valence-corrected chi connectivity index (χ2v) is 15.6. The van der Waals surface area contributed by atoms with Crippen molar-refractivity contribution in [3.8, 4) is 17.2 Å². The Balaban J connectivity index is 0.000000300. The first-order chi connectivity index (χ1) is 26.9. The molecule has 4 aromatic carbocycles. The Morgan fingerprint density at radius 2 is 1.38 bits per heavy atom. The topological polar surface area (TPSA) is 103 Å². The van der Waals surface area contributed by atoms with Crippen LogP contribution in [-0.4, -0.2) is 75.2 Å². The molecule has 0 aliphatic carbocycles. The van der Waals surface area contributed by atoms with Gasteiger partial charge in [0.1, 0.15) is 23.1 Å². The molecule has 0 saturated heterocycles. The highest BCUT2D eigenvalue weighted by molar-refractivity contribution is 7.99. The standard InChI is InChI=1S/C22H28ClNO3S.C21H24FNO4S/c1-16(2)27-19-8-10-20(11-9-19)28-13-5-6-22(25)24(3)15-17-14-18(23)7-12-21(17)26-4;1-26-19-10-7-17(22)14-16(19)11-12-23-20(24)4-3-13-28-18-8-5-15(6-9-18)21(25)27-2/h7-12,14,16H,5-6,13,15H2,1-4H3;5-10,14H,3-4,11-13H2,1-2H3,(H,23,24). The minimum Gasteiger partial charge on any atom is -0.496 e. The molecule has 0 aliphatic heterocycles. The van der Waals surface area contributed by atoms with E-state index in [2.05, 4.69) is 22.2 Å². The number of nitrogens with zero attached hydrogens (tertiary/aromatic N) is 1. The van der Waals surface area contributed by atoms with Crippen LogP contribution in [0.4, 0.5) is 4.39 Å². The zero-order chi connectivity index (χ0) is 40.9. The third kappa shape index (κ3) is 16.8. The Labute approximate surface area is 344 Å². The molecule has 4 rings (SSSR count). The first-order valence-electron chi connectivity index (χ1n) is 18.3. The summed E-state index contributed by atoms with van der Waals surface area (Å²) in [6.45, 7) is 4.94. The Morgan fingerprint density at radius 3 is 1.98 bits per heavy atom. The van der Waals surface area contributed by atoms with Gasteiger partial charge in [0.15, 0.2) is 0 Å². The van der Waals surface area contributed by atoms with Gasteiger partial charge in [-0.3, -0.25) is 9.59 Å². The molecule has 0 unspecified atom stereocenters. The number of methoxy groups -OCH3 is 3. The molecule has 9 nitrogen and oxygen atoms in total. The predicted molar refractivity (Wildman–Crippen MR) is 224 cm³/mol. The molecule has 0 aliphatic rings. The largest absolute Gasteiger partial charge is 0.496 e. The highest BCUT2D eigenvalue weighted by atomic mass is 35.5. The number of thioether (sulfide) groups is 2. The summed E-state index contributed by atoms with van der Waals surface area (Å²) in [6, 6.07) is 25.1. The summed E-state index contributed by atoms with van der Waals surface area (Å²) in [4.78, 5) is 39.7. The fourth-order valence-corrected chi connectivity index (χ4v) is 7.20.